The van der Waals surface area contributed by atoms with Crippen LogP contribution in [0.3, 0.4) is 0 Å². The first-order valence-corrected chi connectivity index (χ1v) is 6.67. The Morgan fingerprint density at radius 3 is 2.81 bits per heavy atom. The van der Waals surface area contributed by atoms with Crippen LogP contribution in [0.4, 0.5) is 5.69 Å². The predicted octanol–water partition coefficient (Wildman–Crippen LogP) is 3.03. The lowest BCUT2D eigenvalue weighted by molar-refractivity contribution is 0.0562. The van der Waals surface area contributed by atoms with E-state index >= 15 is 0 Å². The number of carbonyl (C=O) groups is 1. The molecular formula is C15H18N2O4. The first-order valence-electron chi connectivity index (χ1n) is 6.67. The molecule has 0 bridgehead atoms. The number of anilines is 1. The molecule has 2 heterocycles. The zero-order valence-corrected chi connectivity index (χ0v) is 12.3. The lowest BCUT2D eigenvalue weighted by atomic mass is 10.2. The van der Waals surface area contributed by atoms with E-state index in [1.54, 1.807) is 24.4 Å². The summed E-state index contributed by atoms with van der Waals surface area (Å²) >= 11 is 0. The van der Waals surface area contributed by atoms with Crippen LogP contribution < -0.4 is 10.1 Å². The van der Waals surface area contributed by atoms with Crippen molar-refractivity contribution < 1.29 is 18.7 Å². The molecule has 0 spiro atoms. The quantitative estimate of drug-likeness (QED) is 0.824. The van der Waals surface area contributed by atoms with E-state index in [1.165, 1.54) is 7.11 Å². The van der Waals surface area contributed by atoms with Crippen LogP contribution in [0.25, 0.3) is 0 Å². The number of hydrogen-bond acceptors (Lipinski definition) is 6. The van der Waals surface area contributed by atoms with Gasteiger partial charge >= 0.3 is 5.97 Å². The van der Waals surface area contributed by atoms with Gasteiger partial charge < -0.3 is 19.2 Å². The second kappa shape index (κ2) is 6.78. The van der Waals surface area contributed by atoms with Gasteiger partial charge in [0.2, 0.25) is 11.6 Å². The Balaban J connectivity index is 2.01. The summed E-state index contributed by atoms with van der Waals surface area (Å²) in [7, 11) is 1.32. The van der Waals surface area contributed by atoms with Crippen molar-refractivity contribution in [2.75, 3.05) is 19.0 Å². The maximum absolute atomic E-state index is 11.3. The zero-order valence-electron chi connectivity index (χ0n) is 12.3. The molecule has 0 aliphatic carbocycles. The van der Waals surface area contributed by atoms with E-state index in [4.69, 9.17) is 9.15 Å². The van der Waals surface area contributed by atoms with Crippen LogP contribution in [0.2, 0.25) is 0 Å². The van der Waals surface area contributed by atoms with Gasteiger partial charge in [0.25, 0.3) is 0 Å². The predicted molar refractivity (Wildman–Crippen MR) is 77.5 cm³/mol. The van der Waals surface area contributed by atoms with Crippen LogP contribution in [0.1, 0.15) is 36.2 Å². The van der Waals surface area contributed by atoms with Crippen LogP contribution in [-0.2, 0) is 4.74 Å². The summed E-state index contributed by atoms with van der Waals surface area (Å²) in [6.45, 7) is 4.42. The Morgan fingerprint density at radius 2 is 2.19 bits per heavy atom. The van der Waals surface area contributed by atoms with Gasteiger partial charge in [-0.15, -0.1) is 0 Å². The molecule has 6 heteroatoms. The Kier molecular flexibility index (Phi) is 4.81. The molecule has 2 rings (SSSR count). The number of aromatic nitrogens is 1. The van der Waals surface area contributed by atoms with Gasteiger partial charge in [-0.25, -0.2) is 9.78 Å². The number of pyridine rings is 1. The molecule has 0 saturated heterocycles. The molecule has 1 atom stereocenters. The molecule has 1 unspecified atom stereocenters. The van der Waals surface area contributed by atoms with Crippen molar-refractivity contribution in [3.05, 3.63) is 42.0 Å². The van der Waals surface area contributed by atoms with Gasteiger partial charge in [-0.05, 0) is 32.0 Å². The number of rotatable bonds is 6. The largest absolute Gasteiger partial charge is 0.478 e. The molecule has 2 aromatic rings. The molecule has 0 aliphatic heterocycles. The Bertz CT molecular complexity index is 592. The van der Waals surface area contributed by atoms with Crippen LogP contribution in [0.15, 0.2) is 34.9 Å². The molecule has 0 radical (unpaired) electrons. The van der Waals surface area contributed by atoms with E-state index in [-0.39, 0.29) is 11.8 Å². The van der Waals surface area contributed by atoms with Gasteiger partial charge in [0.15, 0.2) is 0 Å². The fourth-order valence-corrected chi connectivity index (χ4v) is 1.82. The number of nitrogens with zero attached hydrogens (tertiary/aromatic N) is 1. The minimum Gasteiger partial charge on any atom is -0.478 e. The third-order valence-electron chi connectivity index (χ3n) is 2.85. The SMILES string of the molecule is CCOc1ccc(NC(C)c2ccc(C(=O)OC)o2)cn1. The fourth-order valence-electron chi connectivity index (χ4n) is 1.82. The van der Waals surface area contributed by atoms with E-state index in [1.807, 2.05) is 19.9 Å². The highest BCUT2D eigenvalue weighted by atomic mass is 16.5. The molecule has 0 saturated carbocycles. The van der Waals surface area contributed by atoms with Crippen LogP contribution >= 0.6 is 0 Å². The Hall–Kier alpha value is -2.50. The lowest BCUT2D eigenvalue weighted by Crippen LogP contribution is -2.06. The Labute approximate surface area is 123 Å². The van der Waals surface area contributed by atoms with Crippen molar-refractivity contribution in [1.29, 1.82) is 0 Å². The minimum atomic E-state index is -0.490. The molecule has 0 aromatic carbocycles. The Morgan fingerprint density at radius 1 is 1.38 bits per heavy atom. The average Bonchev–Trinajstić information content (AvgIpc) is 2.99. The number of nitrogens with one attached hydrogen (secondary N) is 1. The minimum absolute atomic E-state index is 0.108. The number of esters is 1. The summed E-state index contributed by atoms with van der Waals surface area (Å²) in [5, 5.41) is 3.23. The molecule has 0 fully saturated rings. The second-order valence-electron chi connectivity index (χ2n) is 4.38. The topological polar surface area (TPSA) is 73.6 Å². The van der Waals surface area contributed by atoms with Gasteiger partial charge in [0.1, 0.15) is 5.76 Å². The summed E-state index contributed by atoms with van der Waals surface area (Å²) in [5.41, 5.74) is 0.835. The standard InChI is InChI=1S/C15H18N2O4/c1-4-20-14-8-5-11(9-16-14)17-10(2)12-6-7-13(21-12)15(18)19-3/h5-10,17H,4H2,1-3H3. The van der Waals surface area contributed by atoms with Gasteiger partial charge in [0.05, 0.1) is 31.6 Å². The fraction of sp³-hybridized carbons (Fsp3) is 0.333. The first-order chi connectivity index (χ1) is 10.1. The van der Waals surface area contributed by atoms with E-state index in [0.717, 1.165) is 5.69 Å². The van der Waals surface area contributed by atoms with Crippen molar-refractivity contribution in [1.82, 2.24) is 4.98 Å². The number of carbonyl (C=O) groups excluding carboxylic acids is 1. The molecule has 112 valence electrons. The molecule has 2 aromatic heterocycles. The summed E-state index contributed by atoms with van der Waals surface area (Å²) in [5.74, 6) is 0.924. The molecule has 0 aliphatic rings. The van der Waals surface area contributed by atoms with Crippen LogP contribution in [0, 0.1) is 0 Å². The van der Waals surface area contributed by atoms with Gasteiger partial charge in [-0.2, -0.15) is 0 Å². The van der Waals surface area contributed by atoms with Gasteiger partial charge in [-0.3, -0.25) is 0 Å². The maximum Gasteiger partial charge on any atom is 0.373 e. The average molecular weight is 290 g/mol. The summed E-state index contributed by atoms with van der Waals surface area (Å²) in [6.07, 6.45) is 1.69. The van der Waals surface area contributed by atoms with Crippen molar-refractivity contribution in [2.24, 2.45) is 0 Å². The number of ether oxygens (including phenoxy) is 2. The molecule has 1 N–H and O–H groups in total. The highest BCUT2D eigenvalue weighted by molar-refractivity contribution is 5.86. The van der Waals surface area contributed by atoms with Gasteiger partial charge in [-0.1, -0.05) is 0 Å². The van der Waals surface area contributed by atoms with E-state index in [2.05, 4.69) is 15.0 Å². The monoisotopic (exact) mass is 290 g/mol. The number of hydrogen-bond donors (Lipinski definition) is 1. The van der Waals surface area contributed by atoms with Crippen LogP contribution in [0.5, 0.6) is 5.88 Å². The van der Waals surface area contributed by atoms with Crippen molar-refractivity contribution in [2.45, 2.75) is 19.9 Å². The molecular weight excluding hydrogens is 272 g/mol. The second-order valence-corrected chi connectivity index (χ2v) is 4.38. The normalized spacial score (nSPS) is 11.8. The smallest absolute Gasteiger partial charge is 0.373 e. The van der Waals surface area contributed by atoms with Crippen molar-refractivity contribution in [3.63, 3.8) is 0 Å². The van der Waals surface area contributed by atoms with Crippen molar-refractivity contribution >= 4 is 11.7 Å². The molecule has 6 nitrogen and oxygen atoms in total. The highest BCUT2D eigenvalue weighted by Gasteiger charge is 2.15. The van der Waals surface area contributed by atoms with Crippen molar-refractivity contribution in [3.8, 4) is 5.88 Å². The molecule has 0 amide bonds. The summed E-state index contributed by atoms with van der Waals surface area (Å²) < 4.78 is 15.3. The summed E-state index contributed by atoms with van der Waals surface area (Å²) in [4.78, 5) is 15.5. The van der Waals surface area contributed by atoms with E-state index in [9.17, 15) is 4.79 Å². The molecule has 21 heavy (non-hydrogen) atoms. The third-order valence-corrected chi connectivity index (χ3v) is 2.85. The zero-order chi connectivity index (χ0) is 15.2. The van der Waals surface area contributed by atoms with Crippen LogP contribution in [-0.4, -0.2) is 24.7 Å². The third kappa shape index (κ3) is 3.75. The number of furan rings is 1. The number of methoxy groups -OCH3 is 1. The summed E-state index contributed by atoms with van der Waals surface area (Å²) in [6, 6.07) is 6.89. The lowest BCUT2D eigenvalue weighted by Gasteiger charge is -2.13. The first kappa shape index (κ1) is 14.9. The van der Waals surface area contributed by atoms with Gasteiger partial charge in [0, 0.05) is 6.07 Å². The highest BCUT2D eigenvalue weighted by Crippen LogP contribution is 2.22. The maximum atomic E-state index is 11.3. The van der Waals surface area contributed by atoms with E-state index in [0.29, 0.717) is 18.2 Å². The van der Waals surface area contributed by atoms with E-state index < -0.39 is 5.97 Å².